The second kappa shape index (κ2) is 6.76. The first-order valence-electron chi connectivity index (χ1n) is 7.80. The topological polar surface area (TPSA) is 69.7 Å². The largest absolute Gasteiger partial charge is 0.433 e. The highest BCUT2D eigenvalue weighted by Gasteiger charge is 2.33. The Morgan fingerprint density at radius 2 is 2.25 bits per heavy atom. The Balaban J connectivity index is 1.62. The van der Waals surface area contributed by atoms with Crippen LogP contribution in [-0.2, 0) is 12.7 Å². The van der Waals surface area contributed by atoms with E-state index in [4.69, 9.17) is 0 Å². The minimum atomic E-state index is -4.46. The summed E-state index contributed by atoms with van der Waals surface area (Å²) in [5.74, 6) is 0.0242. The van der Waals surface area contributed by atoms with Gasteiger partial charge >= 0.3 is 6.18 Å². The van der Waals surface area contributed by atoms with Gasteiger partial charge < -0.3 is 5.32 Å². The monoisotopic (exact) mass is 340 g/mol. The van der Waals surface area contributed by atoms with E-state index in [0.717, 1.165) is 56.0 Å². The van der Waals surface area contributed by atoms with E-state index in [1.165, 1.54) is 0 Å². The third-order valence-electron chi connectivity index (χ3n) is 4.11. The second-order valence-electron chi connectivity index (χ2n) is 6.00. The Morgan fingerprint density at radius 1 is 1.42 bits per heavy atom. The number of aryl methyl sites for hydroxylation is 1. The van der Waals surface area contributed by atoms with Gasteiger partial charge in [0.1, 0.15) is 5.69 Å². The third kappa shape index (κ3) is 4.02. The lowest BCUT2D eigenvalue weighted by molar-refractivity contribution is -0.141. The molecule has 0 radical (unpaired) electrons. The number of H-pyrrole nitrogens is 1. The van der Waals surface area contributed by atoms with Crippen molar-refractivity contribution >= 4 is 5.95 Å². The number of hydrogen-bond acceptors (Lipinski definition) is 5. The van der Waals surface area contributed by atoms with Gasteiger partial charge in [-0.05, 0) is 32.4 Å². The number of likely N-dealkylation sites (tertiary alicyclic amines) is 1. The van der Waals surface area contributed by atoms with E-state index in [9.17, 15) is 13.2 Å². The van der Waals surface area contributed by atoms with E-state index in [-0.39, 0.29) is 12.0 Å². The van der Waals surface area contributed by atoms with Crippen LogP contribution < -0.4 is 5.32 Å². The van der Waals surface area contributed by atoms with Crippen LogP contribution in [0, 0.1) is 6.92 Å². The molecule has 0 bridgehead atoms. The number of piperidine rings is 1. The van der Waals surface area contributed by atoms with Crippen LogP contribution >= 0.6 is 0 Å². The molecular weight excluding hydrogens is 321 g/mol. The van der Waals surface area contributed by atoms with Crippen molar-refractivity contribution < 1.29 is 13.2 Å². The highest BCUT2D eigenvalue weighted by Crippen LogP contribution is 2.27. The minimum Gasteiger partial charge on any atom is -0.350 e. The number of aromatic nitrogens is 4. The number of hydrogen-bond donors (Lipinski definition) is 2. The molecule has 2 aromatic heterocycles. The molecule has 2 aromatic rings. The number of nitrogens with one attached hydrogen (secondary N) is 2. The zero-order valence-electron chi connectivity index (χ0n) is 13.3. The Labute approximate surface area is 137 Å². The molecule has 3 heterocycles. The van der Waals surface area contributed by atoms with Crippen LogP contribution in [0.2, 0.25) is 0 Å². The molecule has 1 saturated heterocycles. The molecular formula is C15H19F3N6. The van der Waals surface area contributed by atoms with Crippen molar-refractivity contribution in [1.29, 1.82) is 0 Å². The van der Waals surface area contributed by atoms with E-state index in [0.29, 0.717) is 0 Å². The van der Waals surface area contributed by atoms with Crippen LogP contribution in [0.25, 0.3) is 0 Å². The third-order valence-corrected chi connectivity index (χ3v) is 4.11. The fraction of sp³-hybridized carbons (Fsp3) is 0.533. The predicted molar refractivity (Wildman–Crippen MR) is 82.3 cm³/mol. The van der Waals surface area contributed by atoms with Gasteiger partial charge in [0.25, 0.3) is 0 Å². The van der Waals surface area contributed by atoms with Gasteiger partial charge in [-0.15, -0.1) is 0 Å². The standard InChI is InChI=1S/C15H19F3N6/c1-10-11(7-20-23-10)8-24-6-2-3-12(9-24)21-14-19-5-4-13(22-14)15(16,17)18/h4-5,7,12H,2-3,6,8-9H2,1H3,(H,20,23)(H,19,21,22). The lowest BCUT2D eigenvalue weighted by Crippen LogP contribution is -2.42. The number of aromatic amines is 1. The zero-order chi connectivity index (χ0) is 17.2. The first kappa shape index (κ1) is 16.7. The average molecular weight is 340 g/mol. The Bertz CT molecular complexity index is 684. The number of halogens is 3. The van der Waals surface area contributed by atoms with Crippen molar-refractivity contribution in [2.75, 3.05) is 18.4 Å². The van der Waals surface area contributed by atoms with Crippen molar-refractivity contribution in [2.24, 2.45) is 0 Å². The molecule has 130 valence electrons. The molecule has 24 heavy (non-hydrogen) atoms. The van der Waals surface area contributed by atoms with Crippen LogP contribution in [-0.4, -0.2) is 44.2 Å². The van der Waals surface area contributed by atoms with Gasteiger partial charge in [-0.2, -0.15) is 18.3 Å². The number of anilines is 1. The highest BCUT2D eigenvalue weighted by molar-refractivity contribution is 5.28. The summed E-state index contributed by atoms with van der Waals surface area (Å²) in [6.07, 6.45) is 0.320. The van der Waals surface area contributed by atoms with Gasteiger partial charge in [0, 0.05) is 36.6 Å². The van der Waals surface area contributed by atoms with E-state index >= 15 is 0 Å². The zero-order valence-corrected chi connectivity index (χ0v) is 13.3. The van der Waals surface area contributed by atoms with Gasteiger partial charge in [-0.1, -0.05) is 0 Å². The molecule has 1 atom stereocenters. The summed E-state index contributed by atoms with van der Waals surface area (Å²) < 4.78 is 38.2. The van der Waals surface area contributed by atoms with E-state index < -0.39 is 11.9 Å². The maximum absolute atomic E-state index is 12.7. The molecule has 6 nitrogen and oxygen atoms in total. The summed E-state index contributed by atoms with van der Waals surface area (Å²) in [7, 11) is 0. The molecule has 3 rings (SSSR count). The number of alkyl halides is 3. The van der Waals surface area contributed by atoms with Gasteiger partial charge in [0.2, 0.25) is 5.95 Å². The van der Waals surface area contributed by atoms with E-state index in [1.54, 1.807) is 0 Å². The smallest absolute Gasteiger partial charge is 0.350 e. The van der Waals surface area contributed by atoms with Gasteiger partial charge in [-0.3, -0.25) is 10.00 Å². The Kier molecular flexibility index (Phi) is 4.70. The lowest BCUT2D eigenvalue weighted by Gasteiger charge is -2.33. The molecule has 0 aromatic carbocycles. The van der Waals surface area contributed by atoms with Gasteiger partial charge in [-0.25, -0.2) is 9.97 Å². The molecule has 0 aliphatic carbocycles. The molecule has 0 spiro atoms. The SMILES string of the molecule is Cc1[nH]ncc1CN1CCCC(Nc2nccc(C(F)(F)F)n2)C1. The fourth-order valence-corrected chi connectivity index (χ4v) is 2.86. The fourth-order valence-electron chi connectivity index (χ4n) is 2.86. The van der Waals surface area contributed by atoms with Crippen molar-refractivity contribution in [3.05, 3.63) is 35.4 Å². The molecule has 1 fully saturated rings. The maximum atomic E-state index is 12.7. The summed E-state index contributed by atoms with van der Waals surface area (Å²) in [5.41, 5.74) is 1.24. The van der Waals surface area contributed by atoms with Crippen molar-refractivity contribution in [3.8, 4) is 0 Å². The molecule has 1 unspecified atom stereocenters. The summed E-state index contributed by atoms with van der Waals surface area (Å²) in [5, 5.41) is 9.95. The predicted octanol–water partition coefficient (Wildman–Crippen LogP) is 2.60. The van der Waals surface area contributed by atoms with Gasteiger partial charge in [0.05, 0.1) is 6.20 Å². The minimum absolute atomic E-state index is 0.0226. The van der Waals surface area contributed by atoms with Crippen molar-refractivity contribution in [1.82, 2.24) is 25.1 Å². The van der Waals surface area contributed by atoms with E-state index in [1.807, 2.05) is 13.1 Å². The Hall–Kier alpha value is -2.16. The molecule has 0 saturated carbocycles. The lowest BCUT2D eigenvalue weighted by atomic mass is 10.1. The number of nitrogens with zero attached hydrogens (tertiary/aromatic N) is 4. The quantitative estimate of drug-likeness (QED) is 0.895. The highest BCUT2D eigenvalue weighted by atomic mass is 19.4. The summed E-state index contributed by atoms with van der Waals surface area (Å²) >= 11 is 0. The first-order valence-corrected chi connectivity index (χ1v) is 7.80. The van der Waals surface area contributed by atoms with Crippen LogP contribution in [0.3, 0.4) is 0 Å². The molecule has 1 aliphatic rings. The number of rotatable bonds is 4. The first-order chi connectivity index (χ1) is 11.4. The molecule has 0 amide bonds. The maximum Gasteiger partial charge on any atom is 0.433 e. The Morgan fingerprint density at radius 3 is 2.96 bits per heavy atom. The summed E-state index contributed by atoms with van der Waals surface area (Å²) in [6, 6.07) is 0.898. The van der Waals surface area contributed by atoms with Gasteiger partial charge in [0.15, 0.2) is 0 Å². The second-order valence-corrected chi connectivity index (χ2v) is 6.00. The average Bonchev–Trinajstić information content (AvgIpc) is 2.92. The molecule has 1 aliphatic heterocycles. The van der Waals surface area contributed by atoms with Crippen LogP contribution in [0.5, 0.6) is 0 Å². The van der Waals surface area contributed by atoms with Crippen LogP contribution in [0.4, 0.5) is 19.1 Å². The molecule has 2 N–H and O–H groups in total. The summed E-state index contributed by atoms with van der Waals surface area (Å²) in [6.45, 7) is 4.42. The summed E-state index contributed by atoms with van der Waals surface area (Å²) in [4.78, 5) is 9.73. The van der Waals surface area contributed by atoms with Crippen LogP contribution in [0.15, 0.2) is 18.5 Å². The normalized spacial score (nSPS) is 19.4. The van der Waals surface area contributed by atoms with Crippen molar-refractivity contribution in [3.63, 3.8) is 0 Å². The van der Waals surface area contributed by atoms with Crippen molar-refractivity contribution in [2.45, 2.75) is 38.5 Å². The molecule has 9 heteroatoms. The van der Waals surface area contributed by atoms with Crippen LogP contribution in [0.1, 0.15) is 29.8 Å². The van der Waals surface area contributed by atoms with E-state index in [2.05, 4.69) is 30.4 Å².